The van der Waals surface area contributed by atoms with E-state index < -0.39 is 39.7 Å². The molecule has 4 N–H and O–H groups in total. The number of aromatic carboxylic acids is 1. The van der Waals surface area contributed by atoms with Crippen LogP contribution in [0.4, 0.5) is 14.5 Å². The van der Waals surface area contributed by atoms with Crippen LogP contribution in [0, 0.1) is 11.6 Å². The molecule has 0 fully saturated rings. The number of nitrogens with zero attached hydrogens (tertiary/aromatic N) is 1. The van der Waals surface area contributed by atoms with Gasteiger partial charge in [0.25, 0.3) is 0 Å². The molecule has 0 aliphatic heterocycles. The van der Waals surface area contributed by atoms with Gasteiger partial charge in [-0.2, -0.15) is 0 Å². The number of carboxylic acids is 1. The van der Waals surface area contributed by atoms with Crippen molar-refractivity contribution < 1.29 is 23.4 Å². The maximum atomic E-state index is 14.6. The third kappa shape index (κ3) is 3.48. The van der Waals surface area contributed by atoms with E-state index in [-0.39, 0.29) is 23.1 Å². The summed E-state index contributed by atoms with van der Waals surface area (Å²) < 4.78 is 36.7. The van der Waals surface area contributed by atoms with Crippen molar-refractivity contribution in [1.29, 1.82) is 0 Å². The van der Waals surface area contributed by atoms with Gasteiger partial charge in [0.15, 0.2) is 23.1 Å². The SMILES string of the molecule is Nc1c(F)c(-c2ccc(Cl)c(OCNI)c2F)nc(C(=O)O)c1Cl. The standard InChI is InChI=1S/C13H8Cl2F2IN3O3/c14-5-2-1-4(7(16)12(5)24-3-20-18)10-8(17)9(19)6(15)11(21-10)13(22)23/h1-2,20H,3H2,(H2,19,21)(H,22,23). The molecule has 0 unspecified atom stereocenters. The summed E-state index contributed by atoms with van der Waals surface area (Å²) in [5.74, 6) is -4.04. The average Bonchev–Trinajstić information content (AvgIpc) is 2.53. The van der Waals surface area contributed by atoms with Crippen LogP contribution in [-0.4, -0.2) is 22.8 Å². The molecule has 128 valence electrons. The van der Waals surface area contributed by atoms with Gasteiger partial charge in [-0.15, -0.1) is 0 Å². The van der Waals surface area contributed by atoms with Crippen LogP contribution in [0.3, 0.4) is 0 Å². The van der Waals surface area contributed by atoms with E-state index in [0.29, 0.717) is 0 Å². The van der Waals surface area contributed by atoms with Crippen LogP contribution in [0.25, 0.3) is 11.3 Å². The first-order valence-electron chi connectivity index (χ1n) is 6.12. The highest BCUT2D eigenvalue weighted by atomic mass is 127. The van der Waals surface area contributed by atoms with Crippen molar-refractivity contribution in [2.24, 2.45) is 0 Å². The van der Waals surface area contributed by atoms with Crippen molar-refractivity contribution in [2.75, 3.05) is 12.5 Å². The van der Waals surface area contributed by atoms with Crippen LogP contribution in [0.15, 0.2) is 12.1 Å². The summed E-state index contributed by atoms with van der Waals surface area (Å²) in [5.41, 5.74) is 3.13. The van der Waals surface area contributed by atoms with Crippen LogP contribution < -0.4 is 14.0 Å². The minimum absolute atomic E-state index is 0.0521. The molecule has 0 spiro atoms. The number of rotatable bonds is 5. The van der Waals surface area contributed by atoms with E-state index in [0.717, 1.165) is 6.07 Å². The van der Waals surface area contributed by atoms with Gasteiger partial charge in [0.2, 0.25) is 0 Å². The molecule has 1 aromatic heterocycles. The van der Waals surface area contributed by atoms with Crippen molar-refractivity contribution in [3.05, 3.63) is 39.5 Å². The smallest absolute Gasteiger partial charge is 0.356 e. The lowest BCUT2D eigenvalue weighted by molar-refractivity contribution is 0.0691. The zero-order valence-corrected chi connectivity index (χ0v) is 15.2. The number of anilines is 1. The molecule has 0 bridgehead atoms. The third-order valence-electron chi connectivity index (χ3n) is 2.89. The van der Waals surface area contributed by atoms with Gasteiger partial charge in [0, 0.05) is 28.4 Å². The van der Waals surface area contributed by atoms with E-state index in [1.54, 1.807) is 22.9 Å². The normalized spacial score (nSPS) is 10.7. The molecule has 1 heterocycles. The van der Waals surface area contributed by atoms with Gasteiger partial charge < -0.3 is 15.6 Å². The van der Waals surface area contributed by atoms with E-state index in [1.807, 2.05) is 0 Å². The van der Waals surface area contributed by atoms with Crippen LogP contribution in [0.1, 0.15) is 10.5 Å². The molecule has 2 aromatic rings. The van der Waals surface area contributed by atoms with E-state index >= 15 is 0 Å². The second kappa shape index (κ2) is 7.64. The Bertz CT molecular complexity index is 824. The number of benzene rings is 1. The van der Waals surface area contributed by atoms with Crippen LogP contribution in [0.2, 0.25) is 10.0 Å². The van der Waals surface area contributed by atoms with Crippen molar-refractivity contribution in [1.82, 2.24) is 8.51 Å². The van der Waals surface area contributed by atoms with Gasteiger partial charge in [0.05, 0.1) is 15.7 Å². The van der Waals surface area contributed by atoms with Gasteiger partial charge >= 0.3 is 5.97 Å². The Hall–Kier alpha value is -1.43. The van der Waals surface area contributed by atoms with Crippen molar-refractivity contribution in [3.63, 3.8) is 0 Å². The average molecular weight is 490 g/mol. The van der Waals surface area contributed by atoms with Crippen LogP contribution >= 0.6 is 46.1 Å². The second-order valence-corrected chi connectivity index (χ2v) is 5.86. The number of pyridine rings is 1. The van der Waals surface area contributed by atoms with Crippen molar-refractivity contribution in [3.8, 4) is 17.0 Å². The Labute approximate surface area is 158 Å². The first-order valence-corrected chi connectivity index (χ1v) is 7.95. The Morgan fingerprint density at radius 1 is 1.38 bits per heavy atom. The molecule has 0 aliphatic rings. The highest BCUT2D eigenvalue weighted by molar-refractivity contribution is 14.1. The zero-order chi connectivity index (χ0) is 18.0. The lowest BCUT2D eigenvalue weighted by Crippen LogP contribution is -2.11. The molecule has 6 nitrogen and oxygen atoms in total. The molecule has 11 heteroatoms. The molecule has 2 rings (SSSR count). The van der Waals surface area contributed by atoms with E-state index in [9.17, 15) is 13.6 Å². The minimum atomic E-state index is -1.53. The van der Waals surface area contributed by atoms with Crippen molar-refractivity contribution in [2.45, 2.75) is 0 Å². The summed E-state index contributed by atoms with van der Waals surface area (Å²) in [6.07, 6.45) is 0. The highest BCUT2D eigenvalue weighted by Crippen LogP contribution is 2.38. The van der Waals surface area contributed by atoms with E-state index in [2.05, 4.69) is 8.51 Å². The second-order valence-electron chi connectivity index (χ2n) is 4.32. The molecule has 0 atom stereocenters. The summed E-state index contributed by atoms with van der Waals surface area (Å²) in [7, 11) is 0. The third-order valence-corrected chi connectivity index (χ3v) is 3.88. The number of carbonyl (C=O) groups is 1. The Morgan fingerprint density at radius 2 is 2.04 bits per heavy atom. The van der Waals surface area contributed by atoms with Gasteiger partial charge in [-0.05, 0) is 12.1 Å². The summed E-state index contributed by atoms with van der Waals surface area (Å²) in [5, 5.41) is 8.44. The number of carboxylic acid groups (broad SMARTS) is 1. The van der Waals surface area contributed by atoms with E-state index in [4.69, 9.17) is 38.8 Å². The predicted octanol–water partition coefficient (Wildman–Crippen LogP) is 3.89. The largest absolute Gasteiger partial charge is 0.476 e. The quantitative estimate of drug-likeness (QED) is 0.335. The number of halogens is 5. The van der Waals surface area contributed by atoms with Crippen LogP contribution in [0.5, 0.6) is 5.75 Å². The van der Waals surface area contributed by atoms with Gasteiger partial charge in [-0.3, -0.25) is 0 Å². The Morgan fingerprint density at radius 3 is 2.62 bits per heavy atom. The number of ether oxygens (including phenoxy) is 1. The maximum absolute atomic E-state index is 14.6. The number of nitrogen functional groups attached to an aromatic ring is 1. The maximum Gasteiger partial charge on any atom is 0.356 e. The number of nitrogens with one attached hydrogen (secondary N) is 1. The molecule has 0 saturated heterocycles. The summed E-state index contributed by atoms with van der Waals surface area (Å²) in [6.45, 7) is -0.0697. The van der Waals surface area contributed by atoms with Crippen molar-refractivity contribution >= 4 is 57.7 Å². The fourth-order valence-electron chi connectivity index (χ4n) is 1.83. The molecule has 0 amide bonds. The summed E-state index contributed by atoms with van der Waals surface area (Å²) >= 11 is 13.3. The Balaban J connectivity index is 2.71. The van der Waals surface area contributed by atoms with Gasteiger partial charge in [-0.25, -0.2) is 22.1 Å². The lowest BCUT2D eigenvalue weighted by Gasteiger charge is -2.13. The van der Waals surface area contributed by atoms with Gasteiger partial charge in [-0.1, -0.05) is 23.2 Å². The number of aromatic nitrogens is 1. The molecule has 0 radical (unpaired) electrons. The highest BCUT2D eigenvalue weighted by Gasteiger charge is 2.25. The fourth-order valence-corrected chi connectivity index (χ4v) is 2.39. The molecular weight excluding hydrogens is 482 g/mol. The topological polar surface area (TPSA) is 97.5 Å². The predicted molar refractivity (Wildman–Crippen MR) is 93.6 cm³/mol. The fraction of sp³-hybridized carbons (Fsp3) is 0.0769. The molecular formula is C13H8Cl2F2IN3O3. The van der Waals surface area contributed by atoms with E-state index in [1.165, 1.54) is 6.07 Å². The monoisotopic (exact) mass is 489 g/mol. The number of hydrogen-bond donors (Lipinski definition) is 3. The van der Waals surface area contributed by atoms with Gasteiger partial charge in [0.1, 0.15) is 12.4 Å². The van der Waals surface area contributed by atoms with Crippen LogP contribution in [-0.2, 0) is 0 Å². The number of nitrogens with two attached hydrogens (primary N) is 1. The molecule has 24 heavy (non-hydrogen) atoms. The summed E-state index contributed by atoms with van der Waals surface area (Å²) in [6, 6.07) is 2.39. The Kier molecular flexibility index (Phi) is 6.01. The molecule has 0 saturated carbocycles. The first-order chi connectivity index (χ1) is 11.3. The minimum Gasteiger partial charge on any atom is -0.476 e. The number of hydrogen-bond acceptors (Lipinski definition) is 5. The summed E-state index contributed by atoms with van der Waals surface area (Å²) in [4.78, 5) is 14.7. The molecule has 0 aliphatic carbocycles. The zero-order valence-electron chi connectivity index (χ0n) is 11.5. The lowest BCUT2D eigenvalue weighted by atomic mass is 10.1. The first kappa shape index (κ1) is 18.9. The molecule has 1 aromatic carbocycles.